The van der Waals surface area contributed by atoms with Crippen molar-refractivity contribution in [2.75, 3.05) is 0 Å². The molecule has 104 valence electrons. The van der Waals surface area contributed by atoms with Crippen LogP contribution < -0.4 is 5.32 Å². The molecule has 1 atom stereocenters. The van der Waals surface area contributed by atoms with E-state index in [1.165, 1.54) is 0 Å². The lowest BCUT2D eigenvalue weighted by atomic mass is 10.0. The van der Waals surface area contributed by atoms with Gasteiger partial charge in [0.2, 0.25) is 5.95 Å². The van der Waals surface area contributed by atoms with Gasteiger partial charge in [-0.1, -0.05) is 13.8 Å². The molecule has 0 unspecified atom stereocenters. The lowest BCUT2D eigenvalue weighted by Crippen LogP contribution is -2.42. The van der Waals surface area contributed by atoms with E-state index in [1.54, 1.807) is 13.8 Å². The third-order valence-electron chi connectivity index (χ3n) is 2.40. The van der Waals surface area contributed by atoms with E-state index >= 15 is 0 Å². The van der Waals surface area contributed by atoms with Gasteiger partial charge in [-0.3, -0.25) is 4.79 Å². The predicted molar refractivity (Wildman–Crippen MR) is 62.5 cm³/mol. The summed E-state index contributed by atoms with van der Waals surface area (Å²) < 4.78 is 26.2. The van der Waals surface area contributed by atoms with Gasteiger partial charge in [-0.2, -0.15) is 4.39 Å². The highest BCUT2D eigenvalue weighted by Gasteiger charge is 2.24. The van der Waals surface area contributed by atoms with Crippen LogP contribution in [0.2, 0.25) is 0 Å². The Balaban J connectivity index is 2.88. The zero-order chi connectivity index (χ0) is 14.6. The molecule has 0 saturated heterocycles. The molecule has 0 bridgehead atoms. The summed E-state index contributed by atoms with van der Waals surface area (Å²) in [5.74, 6) is -4.97. The second-order valence-corrected chi connectivity index (χ2v) is 4.46. The van der Waals surface area contributed by atoms with Crippen LogP contribution in [0.15, 0.2) is 12.3 Å². The molecule has 0 aliphatic heterocycles. The number of aromatic nitrogens is 1. The van der Waals surface area contributed by atoms with Crippen LogP contribution in [0.1, 0.15) is 30.6 Å². The Labute approximate surface area is 108 Å². The average molecular weight is 272 g/mol. The molecule has 5 nitrogen and oxygen atoms in total. The van der Waals surface area contributed by atoms with E-state index in [2.05, 4.69) is 10.3 Å². The maximum absolute atomic E-state index is 13.3. The molecular weight excluding hydrogens is 258 g/mol. The smallest absolute Gasteiger partial charge is 0.326 e. The van der Waals surface area contributed by atoms with Gasteiger partial charge in [0, 0.05) is 6.20 Å². The van der Waals surface area contributed by atoms with Crippen molar-refractivity contribution in [3.63, 3.8) is 0 Å². The van der Waals surface area contributed by atoms with Gasteiger partial charge in [0.25, 0.3) is 5.91 Å². The molecule has 0 aliphatic carbocycles. The third-order valence-corrected chi connectivity index (χ3v) is 2.40. The SMILES string of the molecule is CC(C)C[C@H](NC(=O)c1ccnc(F)c1F)C(=O)O. The van der Waals surface area contributed by atoms with Crippen LogP contribution in [0.4, 0.5) is 8.78 Å². The molecule has 0 aromatic carbocycles. The number of amides is 1. The first-order chi connectivity index (χ1) is 8.82. The molecule has 1 amide bonds. The van der Waals surface area contributed by atoms with E-state index in [9.17, 15) is 18.4 Å². The molecule has 1 rings (SSSR count). The number of carbonyl (C=O) groups is 2. The highest BCUT2D eigenvalue weighted by atomic mass is 19.2. The summed E-state index contributed by atoms with van der Waals surface area (Å²) in [6, 6.07) is -0.162. The highest BCUT2D eigenvalue weighted by Crippen LogP contribution is 2.11. The number of aliphatic carboxylic acids is 1. The molecule has 0 aliphatic rings. The van der Waals surface area contributed by atoms with Crippen LogP contribution in [0, 0.1) is 17.7 Å². The molecule has 0 saturated carbocycles. The largest absolute Gasteiger partial charge is 0.480 e. The first-order valence-electron chi connectivity index (χ1n) is 5.66. The number of hydrogen-bond acceptors (Lipinski definition) is 3. The van der Waals surface area contributed by atoms with Crippen molar-refractivity contribution in [3.05, 3.63) is 29.6 Å². The van der Waals surface area contributed by atoms with E-state index in [4.69, 9.17) is 5.11 Å². The summed E-state index contributed by atoms with van der Waals surface area (Å²) in [5, 5.41) is 11.1. The number of rotatable bonds is 5. The second kappa shape index (κ2) is 6.21. The monoisotopic (exact) mass is 272 g/mol. The number of nitrogens with one attached hydrogen (secondary N) is 1. The molecular formula is C12H14F2N2O3. The minimum Gasteiger partial charge on any atom is -0.480 e. The summed E-state index contributed by atoms with van der Waals surface area (Å²) in [6.45, 7) is 3.57. The van der Waals surface area contributed by atoms with Gasteiger partial charge in [0.15, 0.2) is 5.82 Å². The number of carboxylic acids is 1. The highest BCUT2D eigenvalue weighted by molar-refractivity contribution is 5.96. The Morgan fingerprint density at radius 2 is 2.05 bits per heavy atom. The van der Waals surface area contributed by atoms with E-state index in [0.717, 1.165) is 12.3 Å². The summed E-state index contributed by atoms with van der Waals surface area (Å²) in [5.41, 5.74) is -0.567. The van der Waals surface area contributed by atoms with E-state index in [1.807, 2.05) is 0 Å². The van der Waals surface area contributed by atoms with Crippen LogP contribution in [0.5, 0.6) is 0 Å². The van der Waals surface area contributed by atoms with Gasteiger partial charge >= 0.3 is 5.97 Å². The Hall–Kier alpha value is -2.05. The number of carbonyl (C=O) groups excluding carboxylic acids is 1. The molecule has 1 heterocycles. The van der Waals surface area contributed by atoms with Crippen molar-refractivity contribution in [2.24, 2.45) is 5.92 Å². The maximum Gasteiger partial charge on any atom is 0.326 e. The van der Waals surface area contributed by atoms with E-state index in [0.29, 0.717) is 0 Å². The van der Waals surface area contributed by atoms with Crippen LogP contribution >= 0.6 is 0 Å². The van der Waals surface area contributed by atoms with Gasteiger partial charge < -0.3 is 10.4 Å². The topological polar surface area (TPSA) is 79.3 Å². The molecule has 0 fully saturated rings. The molecule has 7 heteroatoms. The van der Waals surface area contributed by atoms with Gasteiger partial charge in [0.05, 0.1) is 5.56 Å². The number of hydrogen-bond donors (Lipinski definition) is 2. The Kier molecular flexibility index (Phi) is 4.91. The van der Waals surface area contributed by atoms with Gasteiger partial charge in [-0.15, -0.1) is 0 Å². The molecule has 0 spiro atoms. The maximum atomic E-state index is 13.3. The van der Waals surface area contributed by atoms with E-state index in [-0.39, 0.29) is 12.3 Å². The van der Waals surface area contributed by atoms with Crippen molar-refractivity contribution < 1.29 is 23.5 Å². The van der Waals surface area contributed by atoms with Crippen LogP contribution in [0.3, 0.4) is 0 Å². The van der Waals surface area contributed by atoms with Gasteiger partial charge in [0.1, 0.15) is 6.04 Å². The predicted octanol–water partition coefficient (Wildman–Crippen LogP) is 1.59. The van der Waals surface area contributed by atoms with E-state index < -0.39 is 35.2 Å². The molecule has 2 N–H and O–H groups in total. The molecule has 19 heavy (non-hydrogen) atoms. The Morgan fingerprint density at radius 1 is 1.42 bits per heavy atom. The lowest BCUT2D eigenvalue weighted by molar-refractivity contribution is -0.139. The normalized spacial score (nSPS) is 12.3. The van der Waals surface area contributed by atoms with Crippen LogP contribution in [0.25, 0.3) is 0 Å². The fourth-order valence-electron chi connectivity index (χ4n) is 1.52. The number of nitrogens with zero attached hydrogens (tertiary/aromatic N) is 1. The first kappa shape index (κ1) is 15.0. The molecule has 0 radical (unpaired) electrons. The molecule has 1 aromatic rings. The fraction of sp³-hybridized carbons (Fsp3) is 0.417. The third kappa shape index (κ3) is 3.97. The Bertz CT molecular complexity index is 492. The minimum absolute atomic E-state index is 0.0282. The lowest BCUT2D eigenvalue weighted by Gasteiger charge is -2.16. The number of carboxylic acid groups (broad SMARTS) is 1. The van der Waals surface area contributed by atoms with Crippen molar-refractivity contribution in [3.8, 4) is 0 Å². The van der Waals surface area contributed by atoms with Gasteiger partial charge in [-0.05, 0) is 18.4 Å². The van der Waals surface area contributed by atoms with Crippen molar-refractivity contribution in [1.29, 1.82) is 0 Å². The first-order valence-corrected chi connectivity index (χ1v) is 5.66. The minimum atomic E-state index is -1.40. The second-order valence-electron chi connectivity index (χ2n) is 4.46. The summed E-state index contributed by atoms with van der Waals surface area (Å²) >= 11 is 0. The zero-order valence-electron chi connectivity index (χ0n) is 10.5. The van der Waals surface area contributed by atoms with Crippen LogP contribution in [-0.4, -0.2) is 28.0 Å². The van der Waals surface area contributed by atoms with Crippen LogP contribution in [-0.2, 0) is 4.79 Å². The average Bonchev–Trinajstić information content (AvgIpc) is 2.31. The van der Waals surface area contributed by atoms with Gasteiger partial charge in [-0.25, -0.2) is 14.2 Å². The quantitative estimate of drug-likeness (QED) is 0.798. The summed E-state index contributed by atoms with van der Waals surface area (Å²) in [7, 11) is 0. The molecule has 1 aromatic heterocycles. The fourth-order valence-corrected chi connectivity index (χ4v) is 1.52. The van der Waals surface area contributed by atoms with Crippen molar-refractivity contribution in [1.82, 2.24) is 10.3 Å². The zero-order valence-corrected chi connectivity index (χ0v) is 10.5. The number of pyridine rings is 1. The Morgan fingerprint density at radius 3 is 2.58 bits per heavy atom. The number of halogens is 2. The van der Waals surface area contributed by atoms with Crippen molar-refractivity contribution >= 4 is 11.9 Å². The summed E-state index contributed by atoms with van der Waals surface area (Å²) in [4.78, 5) is 25.7. The standard InChI is InChI=1S/C12H14F2N2O3/c1-6(2)5-8(12(18)19)16-11(17)7-3-4-15-10(14)9(7)13/h3-4,6,8H,5H2,1-2H3,(H,16,17)(H,18,19)/t8-/m0/s1. The van der Waals surface area contributed by atoms with Crippen molar-refractivity contribution in [2.45, 2.75) is 26.3 Å². The summed E-state index contributed by atoms with van der Waals surface area (Å²) in [6.07, 6.45) is 1.13.